The molecule has 0 N–H and O–H groups in total. The van der Waals surface area contributed by atoms with Gasteiger partial charge in [-0.25, -0.2) is 4.98 Å². The maximum absolute atomic E-state index is 5.34. The molecule has 0 radical (unpaired) electrons. The van der Waals surface area contributed by atoms with Crippen LogP contribution in [0, 0.1) is 0 Å². The monoisotopic (exact) mass is 604 g/mol. The van der Waals surface area contributed by atoms with Gasteiger partial charge in [0.15, 0.2) is 0 Å². The van der Waals surface area contributed by atoms with E-state index < -0.39 is 0 Å². The molecule has 3 heteroatoms. The Morgan fingerprint density at radius 3 is 1.74 bits per heavy atom. The Kier molecular flexibility index (Phi) is 6.36. The van der Waals surface area contributed by atoms with E-state index in [9.17, 15) is 0 Å². The zero-order valence-electron chi connectivity index (χ0n) is 25.0. The van der Waals surface area contributed by atoms with E-state index in [2.05, 4.69) is 174 Å². The van der Waals surface area contributed by atoms with Gasteiger partial charge in [-0.1, -0.05) is 140 Å². The maximum atomic E-state index is 5.34. The van der Waals surface area contributed by atoms with Crippen molar-refractivity contribution in [2.45, 2.75) is 0 Å². The number of hydrogen-bond acceptors (Lipinski definition) is 2. The summed E-state index contributed by atoms with van der Waals surface area (Å²) < 4.78 is 3.66. The normalized spacial score (nSPS) is 11.5. The van der Waals surface area contributed by atoms with Crippen molar-refractivity contribution in [3.05, 3.63) is 170 Å². The first-order valence-electron chi connectivity index (χ1n) is 15.5. The minimum absolute atomic E-state index is 0.911. The van der Waals surface area contributed by atoms with Crippen LogP contribution in [0.5, 0.6) is 0 Å². The topological polar surface area (TPSA) is 17.8 Å². The van der Waals surface area contributed by atoms with Crippen molar-refractivity contribution >= 4 is 43.2 Å². The summed E-state index contributed by atoms with van der Waals surface area (Å²) in [6.45, 7) is 0. The van der Waals surface area contributed by atoms with Gasteiger partial charge in [0.05, 0.1) is 16.7 Å². The molecule has 9 aromatic rings. The van der Waals surface area contributed by atoms with E-state index in [1.54, 1.807) is 0 Å². The molecule has 0 saturated carbocycles. The van der Waals surface area contributed by atoms with Crippen LogP contribution in [-0.2, 0) is 0 Å². The van der Waals surface area contributed by atoms with E-state index in [1.807, 2.05) is 11.3 Å². The lowest BCUT2D eigenvalue weighted by molar-refractivity contribution is 1.08. The van der Waals surface area contributed by atoms with Crippen molar-refractivity contribution < 1.29 is 0 Å². The van der Waals surface area contributed by atoms with Crippen LogP contribution in [0.3, 0.4) is 0 Å². The molecule has 46 heavy (non-hydrogen) atoms. The van der Waals surface area contributed by atoms with Crippen molar-refractivity contribution in [1.82, 2.24) is 9.55 Å². The van der Waals surface area contributed by atoms with E-state index in [-0.39, 0.29) is 0 Å². The molecule has 0 aliphatic heterocycles. The van der Waals surface area contributed by atoms with Gasteiger partial charge in [-0.15, -0.1) is 11.3 Å². The van der Waals surface area contributed by atoms with Crippen molar-refractivity contribution in [2.75, 3.05) is 0 Å². The molecule has 0 spiro atoms. The summed E-state index contributed by atoms with van der Waals surface area (Å²) in [5, 5.41) is 3.79. The van der Waals surface area contributed by atoms with E-state index in [1.165, 1.54) is 47.9 Å². The van der Waals surface area contributed by atoms with Crippen LogP contribution in [0.1, 0.15) is 0 Å². The van der Waals surface area contributed by atoms with Gasteiger partial charge in [0.2, 0.25) is 0 Å². The first kappa shape index (κ1) is 26.6. The van der Waals surface area contributed by atoms with Crippen molar-refractivity contribution in [2.24, 2.45) is 0 Å². The molecule has 9 rings (SSSR count). The highest BCUT2D eigenvalue weighted by atomic mass is 32.1. The molecule has 2 nitrogen and oxygen atoms in total. The molecular formula is C43H28N2S. The number of aromatic nitrogens is 2. The second-order valence-corrected chi connectivity index (χ2v) is 12.7. The molecule has 3 aromatic heterocycles. The van der Waals surface area contributed by atoms with Gasteiger partial charge in [0, 0.05) is 25.9 Å². The predicted molar refractivity (Wildman–Crippen MR) is 196 cm³/mol. The molecule has 0 bridgehead atoms. The minimum Gasteiger partial charge on any atom is -0.294 e. The number of rotatable bonds is 5. The fourth-order valence-corrected chi connectivity index (χ4v) is 7.80. The first-order chi connectivity index (χ1) is 22.8. The van der Waals surface area contributed by atoms with E-state index in [4.69, 9.17) is 4.98 Å². The summed E-state index contributed by atoms with van der Waals surface area (Å²) >= 11 is 1.87. The second-order valence-electron chi connectivity index (χ2n) is 11.6. The number of nitrogens with zero attached hydrogens (tertiary/aromatic N) is 2. The molecule has 0 amide bonds. The number of benzene rings is 6. The van der Waals surface area contributed by atoms with Gasteiger partial charge < -0.3 is 0 Å². The van der Waals surface area contributed by atoms with Crippen LogP contribution in [0.25, 0.3) is 81.7 Å². The third kappa shape index (κ3) is 4.52. The van der Waals surface area contributed by atoms with Crippen LogP contribution < -0.4 is 0 Å². The molecule has 0 aliphatic rings. The fraction of sp³-hybridized carbons (Fsp3) is 0. The molecule has 6 aromatic carbocycles. The Balaban J connectivity index is 1.27. The molecule has 216 valence electrons. The van der Waals surface area contributed by atoms with Gasteiger partial charge in [-0.3, -0.25) is 4.57 Å². The van der Waals surface area contributed by atoms with Crippen LogP contribution in [0.4, 0.5) is 0 Å². The Bertz CT molecular complexity index is 2490. The first-order valence-corrected chi connectivity index (χ1v) is 16.4. The predicted octanol–water partition coefficient (Wildman–Crippen LogP) is 12.1. The highest BCUT2D eigenvalue weighted by molar-refractivity contribution is 7.23. The summed E-state index contributed by atoms with van der Waals surface area (Å²) in [5.74, 6) is 0.911. The fourth-order valence-electron chi connectivity index (χ4n) is 6.58. The van der Waals surface area contributed by atoms with Gasteiger partial charge >= 0.3 is 0 Å². The zero-order chi connectivity index (χ0) is 30.5. The lowest BCUT2D eigenvalue weighted by Gasteiger charge is -2.13. The van der Waals surface area contributed by atoms with Gasteiger partial charge in [-0.05, 0) is 63.5 Å². The van der Waals surface area contributed by atoms with Crippen molar-refractivity contribution in [3.63, 3.8) is 0 Å². The summed E-state index contributed by atoms with van der Waals surface area (Å²) in [5.41, 5.74) is 10.3. The summed E-state index contributed by atoms with van der Waals surface area (Å²) in [7, 11) is 0. The smallest absolute Gasteiger partial charge is 0.138 e. The quantitative estimate of drug-likeness (QED) is 0.191. The molecule has 0 atom stereocenters. The highest BCUT2D eigenvalue weighted by Crippen LogP contribution is 2.43. The molecule has 0 fully saturated rings. The number of pyridine rings is 1. The third-order valence-electron chi connectivity index (χ3n) is 8.81. The lowest BCUT2D eigenvalue weighted by atomic mass is 9.99. The van der Waals surface area contributed by atoms with Crippen LogP contribution in [-0.4, -0.2) is 9.55 Å². The molecule has 3 heterocycles. The van der Waals surface area contributed by atoms with E-state index >= 15 is 0 Å². The van der Waals surface area contributed by atoms with E-state index in [0.717, 1.165) is 33.7 Å². The summed E-state index contributed by atoms with van der Waals surface area (Å²) in [4.78, 5) is 6.62. The van der Waals surface area contributed by atoms with Gasteiger partial charge in [-0.2, -0.15) is 0 Å². The minimum atomic E-state index is 0.911. The molecule has 0 unspecified atom stereocenters. The van der Waals surface area contributed by atoms with E-state index in [0.29, 0.717) is 0 Å². The Labute approximate surface area is 271 Å². The number of para-hydroxylation sites is 1. The van der Waals surface area contributed by atoms with Crippen LogP contribution >= 0.6 is 11.3 Å². The number of fused-ring (bicyclic) bond motifs is 5. The average Bonchev–Trinajstić information content (AvgIpc) is 3.72. The maximum Gasteiger partial charge on any atom is 0.138 e. The molecule has 0 aliphatic carbocycles. The standard InChI is InChI=1S/C43H28N2S/c1-4-12-29(13-5-1)30-20-22-31(23-21-30)35-26-37(32-14-6-2-7-15-32)44-41(28-35)45-38-19-11-10-18-36(38)42-39(45)25-24-34-27-40(46-43(34)42)33-16-8-3-9-17-33/h1-28H. The van der Waals surface area contributed by atoms with Crippen LogP contribution in [0.2, 0.25) is 0 Å². The third-order valence-corrected chi connectivity index (χ3v) is 10.0. The van der Waals surface area contributed by atoms with Crippen LogP contribution in [0.15, 0.2) is 170 Å². The second kappa shape index (κ2) is 11.0. The largest absolute Gasteiger partial charge is 0.294 e. The summed E-state index contributed by atoms with van der Waals surface area (Å²) in [6, 6.07) is 60.6. The van der Waals surface area contributed by atoms with Crippen molar-refractivity contribution in [3.8, 4) is 49.8 Å². The zero-order valence-corrected chi connectivity index (χ0v) is 25.8. The van der Waals surface area contributed by atoms with Gasteiger partial charge in [0.25, 0.3) is 0 Å². The number of thiophene rings is 1. The summed E-state index contributed by atoms with van der Waals surface area (Å²) in [6.07, 6.45) is 0. The lowest BCUT2D eigenvalue weighted by Crippen LogP contribution is -2.00. The molecular weight excluding hydrogens is 577 g/mol. The highest BCUT2D eigenvalue weighted by Gasteiger charge is 2.19. The average molecular weight is 605 g/mol. The van der Waals surface area contributed by atoms with Crippen molar-refractivity contribution in [1.29, 1.82) is 0 Å². The number of hydrogen-bond donors (Lipinski definition) is 0. The Morgan fingerprint density at radius 1 is 0.435 bits per heavy atom. The SMILES string of the molecule is c1ccc(-c2ccc(-c3cc(-c4ccccc4)nc(-n4c5ccccc5c5c6sc(-c7ccccc7)cc6ccc54)c3)cc2)cc1. The Hall–Kier alpha value is -5.77. The Morgan fingerprint density at radius 2 is 1.02 bits per heavy atom. The molecule has 0 saturated heterocycles. The van der Waals surface area contributed by atoms with Gasteiger partial charge in [0.1, 0.15) is 5.82 Å².